The molecule has 0 aliphatic carbocycles. The summed E-state index contributed by atoms with van der Waals surface area (Å²) in [6.07, 6.45) is 3.64. The second kappa shape index (κ2) is 9.31. The van der Waals surface area contributed by atoms with Gasteiger partial charge >= 0.3 is 6.03 Å². The van der Waals surface area contributed by atoms with Gasteiger partial charge < -0.3 is 20.1 Å². The zero-order valence-electron chi connectivity index (χ0n) is 15.9. The van der Waals surface area contributed by atoms with Crippen molar-refractivity contribution < 1.29 is 14.6 Å². The third-order valence-corrected chi connectivity index (χ3v) is 4.88. The molecule has 27 heavy (non-hydrogen) atoms. The number of rotatable bonds is 6. The van der Waals surface area contributed by atoms with E-state index < -0.39 is 0 Å². The minimum absolute atomic E-state index is 0.00899. The van der Waals surface area contributed by atoms with Crippen LogP contribution in [-0.2, 0) is 6.42 Å². The number of urea groups is 1. The Bertz CT molecular complexity index is 737. The van der Waals surface area contributed by atoms with Crippen molar-refractivity contribution in [3.63, 3.8) is 0 Å². The molecule has 2 N–H and O–H groups in total. The number of phenolic OH excluding ortho intramolecular Hbond substituents is 1. The number of hydrogen-bond donors (Lipinski definition) is 2. The Hall–Kier alpha value is -2.69. The van der Waals surface area contributed by atoms with Crippen LogP contribution in [0.2, 0.25) is 0 Å². The van der Waals surface area contributed by atoms with Crippen molar-refractivity contribution >= 4 is 6.03 Å². The van der Waals surface area contributed by atoms with E-state index in [-0.39, 0.29) is 17.9 Å². The van der Waals surface area contributed by atoms with Crippen LogP contribution < -0.4 is 10.1 Å². The number of hydrogen-bond acceptors (Lipinski definition) is 3. The molecule has 0 saturated carbocycles. The summed E-state index contributed by atoms with van der Waals surface area (Å²) in [7, 11) is 0. The van der Waals surface area contributed by atoms with Gasteiger partial charge in [0.1, 0.15) is 17.6 Å². The van der Waals surface area contributed by atoms with Crippen molar-refractivity contribution in [2.45, 2.75) is 38.7 Å². The van der Waals surface area contributed by atoms with Crippen molar-refractivity contribution in [1.82, 2.24) is 10.2 Å². The molecule has 0 aromatic heterocycles. The molecule has 5 nitrogen and oxygen atoms in total. The predicted molar refractivity (Wildman–Crippen MR) is 106 cm³/mol. The van der Waals surface area contributed by atoms with Crippen LogP contribution in [0.3, 0.4) is 0 Å². The maximum Gasteiger partial charge on any atom is 0.317 e. The lowest BCUT2D eigenvalue weighted by molar-refractivity contribution is 0.111. The Kier molecular flexibility index (Phi) is 6.58. The molecular weight excluding hydrogens is 340 g/mol. The first-order valence-electron chi connectivity index (χ1n) is 9.64. The van der Waals surface area contributed by atoms with Gasteiger partial charge in [-0.1, -0.05) is 24.3 Å². The molecule has 0 atom stereocenters. The quantitative estimate of drug-likeness (QED) is 0.761. The fraction of sp³-hybridized carbons (Fsp3) is 0.409. The number of aryl methyl sites for hydroxylation is 2. The number of carbonyl (C=O) groups is 1. The van der Waals surface area contributed by atoms with Crippen LogP contribution in [0.15, 0.2) is 48.5 Å². The largest absolute Gasteiger partial charge is 0.508 e. The molecule has 1 heterocycles. The lowest BCUT2D eigenvalue weighted by Crippen LogP contribution is -2.46. The first-order chi connectivity index (χ1) is 13.1. The summed E-state index contributed by atoms with van der Waals surface area (Å²) >= 11 is 0. The molecule has 1 aliphatic rings. The van der Waals surface area contributed by atoms with Gasteiger partial charge in [-0.25, -0.2) is 4.79 Å². The van der Waals surface area contributed by atoms with E-state index in [0.29, 0.717) is 6.54 Å². The van der Waals surface area contributed by atoms with Crippen molar-refractivity contribution in [1.29, 1.82) is 0 Å². The monoisotopic (exact) mass is 368 g/mol. The molecule has 2 aromatic rings. The van der Waals surface area contributed by atoms with Gasteiger partial charge in [0.15, 0.2) is 0 Å². The predicted octanol–water partition coefficient (Wildman–Crippen LogP) is 3.89. The Labute approximate surface area is 161 Å². The summed E-state index contributed by atoms with van der Waals surface area (Å²) < 4.78 is 6.04. The number of nitrogens with one attached hydrogen (secondary N) is 1. The molecule has 1 fully saturated rings. The third-order valence-electron chi connectivity index (χ3n) is 4.88. The molecule has 0 spiro atoms. The molecule has 0 radical (unpaired) electrons. The zero-order chi connectivity index (χ0) is 19.1. The molecule has 144 valence electrons. The summed E-state index contributed by atoms with van der Waals surface area (Å²) in [5.74, 6) is 1.19. The molecule has 1 aliphatic heterocycles. The second-order valence-electron chi connectivity index (χ2n) is 7.12. The normalized spacial score (nSPS) is 14.8. The number of ether oxygens (including phenoxy) is 1. The number of amides is 2. The van der Waals surface area contributed by atoms with Crippen LogP contribution in [0.4, 0.5) is 4.79 Å². The summed E-state index contributed by atoms with van der Waals surface area (Å²) in [6, 6.07) is 15.3. The van der Waals surface area contributed by atoms with E-state index in [9.17, 15) is 9.90 Å². The van der Waals surface area contributed by atoms with Crippen LogP contribution in [0, 0.1) is 6.92 Å². The van der Waals surface area contributed by atoms with Crippen LogP contribution in [0.25, 0.3) is 0 Å². The van der Waals surface area contributed by atoms with Crippen molar-refractivity contribution in [3.05, 3.63) is 59.7 Å². The van der Waals surface area contributed by atoms with E-state index in [0.717, 1.165) is 50.1 Å². The Balaban J connectivity index is 1.34. The van der Waals surface area contributed by atoms with Crippen molar-refractivity contribution in [2.24, 2.45) is 0 Å². The fourth-order valence-electron chi connectivity index (χ4n) is 3.32. The first kappa shape index (κ1) is 19.1. The number of piperidine rings is 1. The van der Waals surface area contributed by atoms with E-state index in [4.69, 9.17) is 4.74 Å². The topological polar surface area (TPSA) is 61.8 Å². The summed E-state index contributed by atoms with van der Waals surface area (Å²) in [6.45, 7) is 4.15. The van der Waals surface area contributed by atoms with Gasteiger partial charge in [-0.15, -0.1) is 0 Å². The minimum atomic E-state index is 0.00899. The van der Waals surface area contributed by atoms with Crippen LogP contribution in [0.1, 0.15) is 30.4 Å². The van der Waals surface area contributed by atoms with Gasteiger partial charge in [-0.3, -0.25) is 0 Å². The van der Waals surface area contributed by atoms with E-state index in [1.54, 1.807) is 12.1 Å². The number of likely N-dealkylation sites (tertiary alicyclic amines) is 1. The first-order valence-corrected chi connectivity index (χ1v) is 9.64. The maximum atomic E-state index is 12.3. The zero-order valence-corrected chi connectivity index (χ0v) is 15.9. The summed E-state index contributed by atoms with van der Waals surface area (Å²) in [5.41, 5.74) is 2.35. The highest BCUT2D eigenvalue weighted by Crippen LogP contribution is 2.20. The van der Waals surface area contributed by atoms with Crippen LogP contribution in [-0.4, -0.2) is 41.8 Å². The van der Waals surface area contributed by atoms with Crippen LogP contribution >= 0.6 is 0 Å². The summed E-state index contributed by atoms with van der Waals surface area (Å²) in [5, 5.41) is 12.3. The standard InChI is InChI=1S/C22H28N2O3/c1-17-4-2-6-21(16-17)27-20-11-14-24(15-12-20)22(26)23-13-3-5-18-7-9-19(25)10-8-18/h2,4,6-10,16,20,25H,3,5,11-15H2,1H3,(H,23,26). The molecule has 3 rings (SSSR count). The lowest BCUT2D eigenvalue weighted by atomic mass is 10.1. The third kappa shape index (κ3) is 5.91. The summed E-state index contributed by atoms with van der Waals surface area (Å²) in [4.78, 5) is 14.2. The molecule has 0 bridgehead atoms. The smallest absolute Gasteiger partial charge is 0.317 e. The van der Waals surface area contributed by atoms with E-state index in [1.165, 1.54) is 5.56 Å². The second-order valence-corrected chi connectivity index (χ2v) is 7.12. The van der Waals surface area contributed by atoms with Crippen LogP contribution in [0.5, 0.6) is 11.5 Å². The van der Waals surface area contributed by atoms with Gasteiger partial charge in [-0.2, -0.15) is 0 Å². The van der Waals surface area contributed by atoms with E-state index >= 15 is 0 Å². The Morgan fingerprint density at radius 2 is 1.93 bits per heavy atom. The molecule has 5 heteroatoms. The highest BCUT2D eigenvalue weighted by atomic mass is 16.5. The fourth-order valence-corrected chi connectivity index (χ4v) is 3.32. The van der Waals surface area contributed by atoms with E-state index in [2.05, 4.69) is 18.3 Å². The average molecular weight is 368 g/mol. The van der Waals surface area contributed by atoms with Crippen molar-refractivity contribution in [3.8, 4) is 11.5 Å². The minimum Gasteiger partial charge on any atom is -0.508 e. The number of carbonyl (C=O) groups excluding carboxylic acids is 1. The molecule has 0 unspecified atom stereocenters. The average Bonchev–Trinajstić information content (AvgIpc) is 2.67. The Morgan fingerprint density at radius 1 is 1.19 bits per heavy atom. The molecule has 2 aromatic carbocycles. The highest BCUT2D eigenvalue weighted by Gasteiger charge is 2.23. The van der Waals surface area contributed by atoms with Gasteiger partial charge in [0.2, 0.25) is 0 Å². The Morgan fingerprint density at radius 3 is 2.63 bits per heavy atom. The molecular formula is C22H28N2O3. The van der Waals surface area contributed by atoms with Crippen molar-refractivity contribution in [2.75, 3.05) is 19.6 Å². The number of nitrogens with zero attached hydrogens (tertiary/aromatic N) is 1. The highest BCUT2D eigenvalue weighted by molar-refractivity contribution is 5.74. The van der Waals surface area contributed by atoms with Gasteiger partial charge in [-0.05, 0) is 55.2 Å². The number of benzene rings is 2. The number of aromatic hydroxyl groups is 1. The van der Waals surface area contributed by atoms with Gasteiger partial charge in [0, 0.05) is 32.5 Å². The van der Waals surface area contributed by atoms with Gasteiger partial charge in [0.05, 0.1) is 0 Å². The molecule has 2 amide bonds. The van der Waals surface area contributed by atoms with Gasteiger partial charge in [0.25, 0.3) is 0 Å². The maximum absolute atomic E-state index is 12.3. The van der Waals surface area contributed by atoms with E-state index in [1.807, 2.05) is 35.2 Å². The SMILES string of the molecule is Cc1cccc(OC2CCN(C(=O)NCCCc3ccc(O)cc3)CC2)c1. The number of phenols is 1. The lowest BCUT2D eigenvalue weighted by Gasteiger charge is -2.32. The molecule has 1 saturated heterocycles.